The molecule has 0 amide bonds. The average Bonchev–Trinajstić information content (AvgIpc) is 3.14. The van der Waals surface area contributed by atoms with E-state index in [0.717, 1.165) is 16.5 Å². The summed E-state index contributed by atoms with van der Waals surface area (Å²) in [4.78, 5) is 12.8. The van der Waals surface area contributed by atoms with Crippen LogP contribution in [-0.4, -0.2) is 19.8 Å². The Hall–Kier alpha value is -1.95. The highest BCUT2D eigenvalue weighted by molar-refractivity contribution is 7.08. The van der Waals surface area contributed by atoms with Gasteiger partial charge in [0.1, 0.15) is 11.7 Å². The van der Waals surface area contributed by atoms with Crippen LogP contribution in [0.4, 0.5) is 0 Å². The maximum atomic E-state index is 12.8. The molecule has 0 bridgehead atoms. The van der Waals surface area contributed by atoms with Crippen molar-refractivity contribution in [2.45, 2.75) is 32.3 Å². The molecule has 1 atom stereocenters. The first-order valence-corrected chi connectivity index (χ1v) is 9.72. The standard InChI is InChI=1S/C21H22O4S/c1-21(2,3)14-4-5-16-15(10-14)18(13-6-9-26-12-13)19(20(22)25-16)17-11-23-7-8-24-17/h4-6,9-10,12,17H,7-8,11H2,1-3H3. The molecule has 1 aliphatic heterocycles. The van der Waals surface area contributed by atoms with Crippen LogP contribution in [0.25, 0.3) is 22.1 Å². The Balaban J connectivity index is 2.04. The molecule has 0 N–H and O–H groups in total. The molecule has 136 valence electrons. The van der Waals surface area contributed by atoms with E-state index >= 15 is 0 Å². The van der Waals surface area contributed by atoms with E-state index in [9.17, 15) is 4.79 Å². The Kier molecular flexibility index (Phi) is 4.47. The quantitative estimate of drug-likeness (QED) is 0.602. The molecule has 4 nitrogen and oxygen atoms in total. The van der Waals surface area contributed by atoms with Gasteiger partial charge in [-0.3, -0.25) is 0 Å². The Bertz CT molecular complexity index is 974. The third-order valence-corrected chi connectivity index (χ3v) is 5.44. The van der Waals surface area contributed by atoms with Crippen LogP contribution in [0.1, 0.15) is 38.0 Å². The lowest BCUT2D eigenvalue weighted by molar-refractivity contribution is -0.0909. The van der Waals surface area contributed by atoms with Crippen LogP contribution in [0.3, 0.4) is 0 Å². The van der Waals surface area contributed by atoms with Gasteiger partial charge in [0, 0.05) is 10.9 Å². The summed E-state index contributed by atoms with van der Waals surface area (Å²) in [7, 11) is 0. The monoisotopic (exact) mass is 370 g/mol. The molecule has 0 saturated carbocycles. The maximum Gasteiger partial charge on any atom is 0.342 e. The van der Waals surface area contributed by atoms with Crippen LogP contribution in [0.2, 0.25) is 0 Å². The number of thiophene rings is 1. The van der Waals surface area contributed by atoms with Crippen molar-refractivity contribution >= 4 is 22.3 Å². The number of hydrogen-bond acceptors (Lipinski definition) is 5. The van der Waals surface area contributed by atoms with Gasteiger partial charge in [-0.25, -0.2) is 4.79 Å². The van der Waals surface area contributed by atoms with Crippen LogP contribution in [-0.2, 0) is 14.9 Å². The minimum atomic E-state index is -0.405. The van der Waals surface area contributed by atoms with E-state index in [2.05, 4.69) is 32.2 Å². The fourth-order valence-electron chi connectivity index (χ4n) is 3.35. The summed E-state index contributed by atoms with van der Waals surface area (Å²) < 4.78 is 17.1. The number of rotatable bonds is 2. The van der Waals surface area contributed by atoms with Crippen molar-refractivity contribution in [1.82, 2.24) is 0 Å². The van der Waals surface area contributed by atoms with Gasteiger partial charge in [0.15, 0.2) is 0 Å². The lowest BCUT2D eigenvalue weighted by Crippen LogP contribution is -2.27. The van der Waals surface area contributed by atoms with Gasteiger partial charge in [-0.1, -0.05) is 26.8 Å². The first-order chi connectivity index (χ1) is 12.4. The van der Waals surface area contributed by atoms with Crippen molar-refractivity contribution in [2.24, 2.45) is 0 Å². The van der Waals surface area contributed by atoms with Gasteiger partial charge in [-0.2, -0.15) is 11.3 Å². The lowest BCUT2D eigenvalue weighted by atomic mass is 9.85. The largest absolute Gasteiger partial charge is 0.422 e. The summed E-state index contributed by atoms with van der Waals surface area (Å²) in [6.07, 6.45) is -0.405. The summed E-state index contributed by atoms with van der Waals surface area (Å²) in [5.74, 6) is 0. The van der Waals surface area contributed by atoms with Gasteiger partial charge in [0.2, 0.25) is 0 Å². The molecule has 0 aliphatic carbocycles. The highest BCUT2D eigenvalue weighted by Gasteiger charge is 2.27. The van der Waals surface area contributed by atoms with E-state index in [1.807, 2.05) is 23.6 Å². The molecule has 0 radical (unpaired) electrons. The number of hydrogen-bond donors (Lipinski definition) is 0. The molecule has 0 spiro atoms. The van der Waals surface area contributed by atoms with Crippen LogP contribution in [0, 0.1) is 0 Å². The topological polar surface area (TPSA) is 48.7 Å². The molecule has 1 saturated heterocycles. The zero-order valence-electron chi connectivity index (χ0n) is 15.2. The van der Waals surface area contributed by atoms with E-state index < -0.39 is 6.10 Å². The Morgan fingerprint density at radius 1 is 1.15 bits per heavy atom. The second-order valence-corrected chi connectivity index (χ2v) is 8.37. The van der Waals surface area contributed by atoms with E-state index in [1.165, 1.54) is 5.56 Å². The molecule has 26 heavy (non-hydrogen) atoms. The average molecular weight is 370 g/mol. The molecule has 5 heteroatoms. The molecular weight excluding hydrogens is 348 g/mol. The Morgan fingerprint density at radius 3 is 2.65 bits per heavy atom. The summed E-state index contributed by atoms with van der Waals surface area (Å²) >= 11 is 1.61. The van der Waals surface area contributed by atoms with Crippen LogP contribution < -0.4 is 5.63 Å². The van der Waals surface area contributed by atoms with E-state index in [-0.39, 0.29) is 11.0 Å². The molecular formula is C21H22O4S. The normalized spacial score (nSPS) is 18.3. The number of ether oxygens (including phenoxy) is 2. The molecule has 1 unspecified atom stereocenters. The summed E-state index contributed by atoms with van der Waals surface area (Å²) in [6.45, 7) is 7.93. The predicted molar refractivity (Wildman–Crippen MR) is 104 cm³/mol. The van der Waals surface area contributed by atoms with Crippen molar-refractivity contribution in [3.8, 4) is 11.1 Å². The first kappa shape index (κ1) is 17.5. The van der Waals surface area contributed by atoms with E-state index in [1.54, 1.807) is 11.3 Å². The molecule has 1 aliphatic rings. The molecule has 3 aromatic rings. The second-order valence-electron chi connectivity index (χ2n) is 7.59. The SMILES string of the molecule is CC(C)(C)c1ccc2oc(=O)c(C3COCCO3)c(-c3ccsc3)c2c1. The maximum absolute atomic E-state index is 12.8. The van der Waals surface area contributed by atoms with Gasteiger partial charge >= 0.3 is 5.63 Å². The van der Waals surface area contributed by atoms with Crippen LogP contribution in [0.15, 0.2) is 44.2 Å². The zero-order chi connectivity index (χ0) is 18.3. The van der Waals surface area contributed by atoms with Crippen molar-refractivity contribution < 1.29 is 13.9 Å². The highest BCUT2D eigenvalue weighted by Crippen LogP contribution is 2.38. The van der Waals surface area contributed by atoms with Crippen molar-refractivity contribution in [1.29, 1.82) is 0 Å². The van der Waals surface area contributed by atoms with Crippen LogP contribution >= 0.6 is 11.3 Å². The second kappa shape index (κ2) is 6.65. The minimum absolute atomic E-state index is 0.000848. The first-order valence-electron chi connectivity index (χ1n) is 8.78. The summed E-state index contributed by atoms with van der Waals surface area (Å²) in [5.41, 5.74) is 3.93. The van der Waals surface area contributed by atoms with Gasteiger partial charge in [-0.05, 0) is 45.5 Å². The Labute approximate surface area is 156 Å². The van der Waals surface area contributed by atoms with Crippen LogP contribution in [0.5, 0.6) is 0 Å². The highest BCUT2D eigenvalue weighted by atomic mass is 32.1. The lowest BCUT2D eigenvalue weighted by Gasteiger charge is -2.25. The Morgan fingerprint density at radius 2 is 2.00 bits per heavy atom. The van der Waals surface area contributed by atoms with E-state index in [4.69, 9.17) is 13.9 Å². The fraction of sp³-hybridized carbons (Fsp3) is 0.381. The van der Waals surface area contributed by atoms with Crippen molar-refractivity contribution in [3.63, 3.8) is 0 Å². The molecule has 1 aromatic carbocycles. The third-order valence-electron chi connectivity index (χ3n) is 4.75. The predicted octanol–water partition coefficient (Wildman–Crippen LogP) is 4.91. The minimum Gasteiger partial charge on any atom is -0.422 e. The van der Waals surface area contributed by atoms with Crippen molar-refractivity contribution in [3.05, 3.63) is 56.6 Å². The number of fused-ring (bicyclic) bond motifs is 1. The third kappa shape index (κ3) is 3.11. The summed E-state index contributed by atoms with van der Waals surface area (Å²) in [6, 6.07) is 8.10. The van der Waals surface area contributed by atoms with Crippen molar-refractivity contribution in [2.75, 3.05) is 19.8 Å². The molecule has 1 fully saturated rings. The van der Waals surface area contributed by atoms with E-state index in [0.29, 0.717) is 31.0 Å². The van der Waals surface area contributed by atoms with Gasteiger partial charge in [0.25, 0.3) is 0 Å². The summed E-state index contributed by atoms with van der Waals surface area (Å²) in [5, 5.41) is 5.02. The zero-order valence-corrected chi connectivity index (χ0v) is 16.0. The number of benzene rings is 1. The van der Waals surface area contributed by atoms with Gasteiger partial charge in [-0.15, -0.1) is 0 Å². The van der Waals surface area contributed by atoms with Gasteiger partial charge in [0.05, 0.1) is 25.4 Å². The molecule has 3 heterocycles. The smallest absolute Gasteiger partial charge is 0.342 e. The fourth-order valence-corrected chi connectivity index (χ4v) is 3.99. The molecule has 2 aromatic heterocycles. The molecule has 4 rings (SSSR count). The van der Waals surface area contributed by atoms with Gasteiger partial charge < -0.3 is 13.9 Å².